The molecule has 1 aromatic heterocycles. The van der Waals surface area contributed by atoms with Gasteiger partial charge in [0.05, 0.1) is 31.1 Å². The smallest absolute Gasteiger partial charge is 0.251 e. The standard InChI is InChI=1S/C20H28N4O2/c1-14-11-15(5-6-17(14)24-7-9-26-10-8-24)19(25)21-13-16-12-18(23-22-16)20(2,3)4/h5-6,11-12H,7-10,13H2,1-4H3,(H,21,25)(H,22,23). The molecule has 2 aromatic rings. The van der Waals surface area contributed by atoms with Crippen molar-refractivity contribution in [3.05, 3.63) is 46.8 Å². The highest BCUT2D eigenvalue weighted by Gasteiger charge is 2.18. The van der Waals surface area contributed by atoms with Gasteiger partial charge < -0.3 is 15.0 Å². The van der Waals surface area contributed by atoms with Gasteiger partial charge >= 0.3 is 0 Å². The van der Waals surface area contributed by atoms with E-state index in [0.29, 0.717) is 12.1 Å². The predicted octanol–water partition coefficient (Wildman–Crippen LogP) is 2.78. The summed E-state index contributed by atoms with van der Waals surface area (Å²) in [7, 11) is 0. The lowest BCUT2D eigenvalue weighted by molar-refractivity contribution is 0.0950. The van der Waals surface area contributed by atoms with E-state index in [1.54, 1.807) is 0 Å². The topological polar surface area (TPSA) is 70.2 Å². The molecular formula is C20H28N4O2. The highest BCUT2D eigenvalue weighted by molar-refractivity contribution is 5.94. The summed E-state index contributed by atoms with van der Waals surface area (Å²) in [6, 6.07) is 7.88. The number of anilines is 1. The van der Waals surface area contributed by atoms with E-state index < -0.39 is 0 Å². The Morgan fingerprint density at radius 2 is 2.00 bits per heavy atom. The van der Waals surface area contributed by atoms with Crippen LogP contribution in [0.1, 0.15) is 48.1 Å². The van der Waals surface area contributed by atoms with Crippen molar-refractivity contribution in [3.8, 4) is 0 Å². The molecule has 2 N–H and O–H groups in total. The normalized spacial score (nSPS) is 15.2. The van der Waals surface area contributed by atoms with Crippen molar-refractivity contribution in [1.82, 2.24) is 15.5 Å². The summed E-state index contributed by atoms with van der Waals surface area (Å²) in [4.78, 5) is 14.8. The Morgan fingerprint density at radius 1 is 1.27 bits per heavy atom. The summed E-state index contributed by atoms with van der Waals surface area (Å²) in [5.41, 5.74) is 4.85. The molecular weight excluding hydrogens is 328 g/mol. The number of ether oxygens (including phenoxy) is 1. The van der Waals surface area contributed by atoms with Crippen LogP contribution >= 0.6 is 0 Å². The van der Waals surface area contributed by atoms with Gasteiger partial charge in [0.1, 0.15) is 0 Å². The molecule has 0 unspecified atom stereocenters. The van der Waals surface area contributed by atoms with Crippen LogP contribution in [0.5, 0.6) is 0 Å². The second kappa shape index (κ2) is 7.50. The number of nitrogens with one attached hydrogen (secondary N) is 2. The molecule has 1 aliphatic heterocycles. The third-order valence-corrected chi connectivity index (χ3v) is 4.65. The van der Waals surface area contributed by atoms with Crippen LogP contribution < -0.4 is 10.2 Å². The van der Waals surface area contributed by atoms with Crippen LogP contribution in [0, 0.1) is 6.92 Å². The molecule has 0 radical (unpaired) electrons. The van der Waals surface area contributed by atoms with E-state index in [9.17, 15) is 4.79 Å². The largest absolute Gasteiger partial charge is 0.378 e. The number of aryl methyl sites for hydroxylation is 1. The molecule has 6 heteroatoms. The number of aromatic amines is 1. The number of amides is 1. The van der Waals surface area contributed by atoms with Crippen molar-refractivity contribution in [3.63, 3.8) is 0 Å². The molecule has 0 aliphatic carbocycles. The lowest BCUT2D eigenvalue weighted by Crippen LogP contribution is -2.36. The van der Waals surface area contributed by atoms with E-state index in [0.717, 1.165) is 43.3 Å². The molecule has 6 nitrogen and oxygen atoms in total. The van der Waals surface area contributed by atoms with Gasteiger partial charge in [0, 0.05) is 29.8 Å². The Kier molecular flexibility index (Phi) is 5.32. The third-order valence-electron chi connectivity index (χ3n) is 4.65. The number of H-pyrrole nitrogens is 1. The summed E-state index contributed by atoms with van der Waals surface area (Å²) >= 11 is 0. The fraction of sp³-hybridized carbons (Fsp3) is 0.500. The molecule has 1 saturated heterocycles. The molecule has 1 aliphatic rings. The fourth-order valence-electron chi connectivity index (χ4n) is 3.07. The molecule has 1 amide bonds. The third kappa shape index (κ3) is 4.25. The van der Waals surface area contributed by atoms with Crippen LogP contribution in [0.15, 0.2) is 24.3 Å². The number of aromatic nitrogens is 2. The number of hydrogen-bond acceptors (Lipinski definition) is 4. The van der Waals surface area contributed by atoms with Crippen molar-refractivity contribution < 1.29 is 9.53 Å². The fourth-order valence-corrected chi connectivity index (χ4v) is 3.07. The average molecular weight is 356 g/mol. The SMILES string of the molecule is Cc1cc(C(=O)NCc2cc(C(C)(C)C)n[nH]2)ccc1N1CCOCC1. The minimum Gasteiger partial charge on any atom is -0.378 e. The van der Waals surface area contributed by atoms with Crippen LogP contribution in [0.3, 0.4) is 0 Å². The molecule has 1 aromatic carbocycles. The van der Waals surface area contributed by atoms with Gasteiger partial charge in [-0.1, -0.05) is 20.8 Å². The summed E-state index contributed by atoms with van der Waals surface area (Å²) in [6.45, 7) is 12.1. The first-order valence-electron chi connectivity index (χ1n) is 9.11. The van der Waals surface area contributed by atoms with Crippen molar-refractivity contribution in [1.29, 1.82) is 0 Å². The summed E-state index contributed by atoms with van der Waals surface area (Å²) in [5.74, 6) is -0.0754. The van der Waals surface area contributed by atoms with Crippen molar-refractivity contribution in [2.24, 2.45) is 0 Å². The van der Waals surface area contributed by atoms with E-state index in [1.165, 1.54) is 5.69 Å². The van der Waals surface area contributed by atoms with Gasteiger partial charge in [0.15, 0.2) is 0 Å². The first kappa shape index (κ1) is 18.5. The lowest BCUT2D eigenvalue weighted by Gasteiger charge is -2.30. The van der Waals surface area contributed by atoms with Gasteiger partial charge in [-0.2, -0.15) is 5.10 Å². The van der Waals surface area contributed by atoms with Gasteiger partial charge in [-0.3, -0.25) is 9.89 Å². The van der Waals surface area contributed by atoms with E-state index in [2.05, 4.69) is 41.2 Å². The van der Waals surface area contributed by atoms with Gasteiger partial charge in [0.25, 0.3) is 5.91 Å². The zero-order valence-corrected chi connectivity index (χ0v) is 16.1. The van der Waals surface area contributed by atoms with E-state index in [1.807, 2.05) is 31.2 Å². The van der Waals surface area contributed by atoms with Gasteiger partial charge in [0.2, 0.25) is 0 Å². The van der Waals surface area contributed by atoms with Crippen LogP contribution in [0.2, 0.25) is 0 Å². The number of morpholine rings is 1. The zero-order valence-electron chi connectivity index (χ0n) is 16.1. The number of carbonyl (C=O) groups is 1. The van der Waals surface area contributed by atoms with E-state index in [-0.39, 0.29) is 11.3 Å². The minimum absolute atomic E-state index is 0.00874. The number of rotatable bonds is 4. The molecule has 0 spiro atoms. The maximum Gasteiger partial charge on any atom is 0.251 e. The number of hydrogen-bond donors (Lipinski definition) is 2. The maximum absolute atomic E-state index is 12.5. The zero-order chi connectivity index (χ0) is 18.7. The first-order valence-corrected chi connectivity index (χ1v) is 9.11. The highest BCUT2D eigenvalue weighted by Crippen LogP contribution is 2.23. The molecule has 2 heterocycles. The predicted molar refractivity (Wildman–Crippen MR) is 103 cm³/mol. The first-order chi connectivity index (χ1) is 12.3. The monoisotopic (exact) mass is 356 g/mol. The molecule has 3 rings (SSSR count). The lowest BCUT2D eigenvalue weighted by atomic mass is 9.92. The Morgan fingerprint density at radius 3 is 2.62 bits per heavy atom. The maximum atomic E-state index is 12.5. The molecule has 26 heavy (non-hydrogen) atoms. The summed E-state index contributed by atoms with van der Waals surface area (Å²) in [6.07, 6.45) is 0. The molecule has 0 atom stereocenters. The van der Waals surface area contributed by atoms with Gasteiger partial charge in [-0.05, 0) is 36.8 Å². The van der Waals surface area contributed by atoms with E-state index in [4.69, 9.17) is 4.74 Å². The Bertz CT molecular complexity index is 770. The van der Waals surface area contributed by atoms with Crippen molar-refractivity contribution >= 4 is 11.6 Å². The second-order valence-corrected chi connectivity index (χ2v) is 7.81. The molecule has 1 fully saturated rings. The van der Waals surface area contributed by atoms with Gasteiger partial charge in [-0.15, -0.1) is 0 Å². The van der Waals surface area contributed by atoms with Crippen LogP contribution in [-0.2, 0) is 16.7 Å². The minimum atomic E-state index is -0.0754. The second-order valence-electron chi connectivity index (χ2n) is 7.81. The summed E-state index contributed by atoms with van der Waals surface area (Å²) < 4.78 is 5.41. The Balaban J connectivity index is 1.62. The number of carbonyl (C=O) groups excluding carboxylic acids is 1. The average Bonchev–Trinajstić information content (AvgIpc) is 3.10. The quantitative estimate of drug-likeness (QED) is 0.884. The van der Waals surface area contributed by atoms with Crippen LogP contribution in [0.25, 0.3) is 0 Å². The summed E-state index contributed by atoms with van der Waals surface area (Å²) in [5, 5.41) is 10.3. The Hall–Kier alpha value is -2.34. The van der Waals surface area contributed by atoms with Crippen LogP contribution in [-0.4, -0.2) is 42.4 Å². The number of benzene rings is 1. The molecule has 140 valence electrons. The molecule has 0 bridgehead atoms. The van der Waals surface area contributed by atoms with E-state index >= 15 is 0 Å². The van der Waals surface area contributed by atoms with Gasteiger partial charge in [-0.25, -0.2) is 0 Å². The molecule has 0 saturated carbocycles. The highest BCUT2D eigenvalue weighted by atomic mass is 16.5. The Labute approximate surface area is 154 Å². The van der Waals surface area contributed by atoms with Crippen molar-refractivity contribution in [2.75, 3.05) is 31.2 Å². The number of nitrogens with zero attached hydrogens (tertiary/aromatic N) is 2. The van der Waals surface area contributed by atoms with Crippen molar-refractivity contribution in [2.45, 2.75) is 39.7 Å². The van der Waals surface area contributed by atoms with Crippen LogP contribution in [0.4, 0.5) is 5.69 Å².